The zero-order chi connectivity index (χ0) is 26.4. The molecule has 9 heteroatoms. The van der Waals surface area contributed by atoms with Gasteiger partial charge in [0.05, 0.1) is 23.4 Å². The number of likely N-dealkylation sites (tertiary alicyclic amines) is 2. The number of fused-ring (bicyclic) bond motifs is 2. The fourth-order valence-electron chi connectivity index (χ4n) is 6.02. The van der Waals surface area contributed by atoms with Gasteiger partial charge in [0.25, 0.3) is 5.92 Å². The standard InChI is InChI=1S/C30H31F2N7/c31-30(32)10-13-38(19-30)18-20-14-21(17-33-16-20)23-8-9-25-28(35-23)29(37-36-25)26-15-22-24(34-26)6-2-3-7-27(22)39-11-4-1-5-12-39/h2-3,7-9,14-17,34H,1,4-6,10-13,18-19H2,(H,36,37). The van der Waals surface area contributed by atoms with Crippen LogP contribution in [0, 0.1) is 0 Å². The molecule has 0 radical (unpaired) electrons. The van der Waals surface area contributed by atoms with E-state index in [9.17, 15) is 8.78 Å². The minimum atomic E-state index is -2.61. The summed E-state index contributed by atoms with van der Waals surface area (Å²) in [6, 6.07) is 8.13. The molecule has 2 N–H and O–H groups in total. The highest BCUT2D eigenvalue weighted by Crippen LogP contribution is 2.34. The van der Waals surface area contributed by atoms with E-state index < -0.39 is 5.92 Å². The van der Waals surface area contributed by atoms with Crippen LogP contribution in [0.4, 0.5) is 8.78 Å². The summed E-state index contributed by atoms with van der Waals surface area (Å²) in [7, 11) is 0. The molecule has 2 aliphatic heterocycles. The van der Waals surface area contributed by atoms with Crippen molar-refractivity contribution >= 4 is 16.7 Å². The number of halogens is 2. The molecule has 0 atom stereocenters. The Kier molecular flexibility index (Phi) is 6.03. The molecule has 4 aromatic rings. The monoisotopic (exact) mass is 527 g/mol. The first-order chi connectivity index (χ1) is 19.0. The fourth-order valence-corrected chi connectivity index (χ4v) is 6.02. The Balaban J connectivity index is 1.20. The van der Waals surface area contributed by atoms with E-state index in [1.807, 2.05) is 18.2 Å². The lowest BCUT2D eigenvalue weighted by Gasteiger charge is -2.31. The molecule has 0 aromatic carbocycles. The van der Waals surface area contributed by atoms with E-state index in [4.69, 9.17) is 4.98 Å². The Hall–Kier alpha value is -3.85. The number of nitrogens with zero attached hydrogens (tertiary/aromatic N) is 5. The molecule has 0 spiro atoms. The van der Waals surface area contributed by atoms with Gasteiger partial charge in [-0.25, -0.2) is 13.8 Å². The van der Waals surface area contributed by atoms with E-state index in [0.717, 1.165) is 58.8 Å². The molecule has 4 aromatic heterocycles. The molecule has 39 heavy (non-hydrogen) atoms. The average molecular weight is 528 g/mol. The van der Waals surface area contributed by atoms with Gasteiger partial charge < -0.3 is 9.88 Å². The maximum atomic E-state index is 13.7. The Morgan fingerprint density at radius 3 is 2.77 bits per heavy atom. The third-order valence-corrected chi connectivity index (χ3v) is 7.99. The summed E-state index contributed by atoms with van der Waals surface area (Å²) >= 11 is 0. The molecule has 3 aliphatic rings. The molecule has 0 saturated carbocycles. The molecule has 7 rings (SSSR count). The van der Waals surface area contributed by atoms with Crippen molar-refractivity contribution in [3.8, 4) is 22.6 Å². The summed E-state index contributed by atoms with van der Waals surface area (Å²) in [5.74, 6) is -2.61. The SMILES string of the molecule is FC1(F)CCN(Cc2cncc(-c3ccc4[nH]nc(-c5cc6c([nH]5)CC=CC=C6N5CCCCC5)c4n3)c2)C1. The van der Waals surface area contributed by atoms with E-state index in [1.165, 1.54) is 36.2 Å². The number of piperidine rings is 1. The second kappa shape index (κ2) is 9.72. The molecule has 2 fully saturated rings. The van der Waals surface area contributed by atoms with E-state index in [0.29, 0.717) is 13.1 Å². The maximum absolute atomic E-state index is 13.7. The van der Waals surface area contributed by atoms with E-state index >= 15 is 0 Å². The largest absolute Gasteiger partial charge is 0.371 e. The minimum Gasteiger partial charge on any atom is -0.371 e. The number of alkyl halides is 2. The van der Waals surface area contributed by atoms with Gasteiger partial charge in [-0.3, -0.25) is 15.0 Å². The van der Waals surface area contributed by atoms with Crippen LogP contribution in [0.1, 0.15) is 42.5 Å². The van der Waals surface area contributed by atoms with Crippen LogP contribution < -0.4 is 0 Å². The molecule has 6 heterocycles. The Morgan fingerprint density at radius 1 is 1.03 bits per heavy atom. The highest BCUT2D eigenvalue weighted by molar-refractivity contribution is 5.91. The predicted molar refractivity (Wildman–Crippen MR) is 148 cm³/mol. The Bertz CT molecular complexity index is 1580. The van der Waals surface area contributed by atoms with Gasteiger partial charge in [0.1, 0.15) is 11.2 Å². The van der Waals surface area contributed by atoms with Gasteiger partial charge >= 0.3 is 0 Å². The number of hydrogen-bond donors (Lipinski definition) is 2. The Morgan fingerprint density at radius 2 is 1.92 bits per heavy atom. The summed E-state index contributed by atoms with van der Waals surface area (Å²) in [5, 5.41) is 7.78. The molecule has 200 valence electrons. The van der Waals surface area contributed by atoms with Gasteiger partial charge in [0, 0.05) is 73.9 Å². The zero-order valence-electron chi connectivity index (χ0n) is 21.8. The Labute approximate surface area is 225 Å². The van der Waals surface area contributed by atoms with Crippen LogP contribution in [0.25, 0.3) is 39.4 Å². The number of nitrogens with one attached hydrogen (secondary N) is 2. The van der Waals surface area contributed by atoms with Crippen LogP contribution >= 0.6 is 0 Å². The van der Waals surface area contributed by atoms with Crippen molar-refractivity contribution in [2.45, 2.75) is 44.6 Å². The van der Waals surface area contributed by atoms with Crippen LogP contribution in [0.15, 0.2) is 54.9 Å². The number of aromatic amines is 2. The molecule has 2 saturated heterocycles. The summed E-state index contributed by atoms with van der Waals surface area (Å²) in [5.41, 5.74) is 9.58. The number of H-pyrrole nitrogens is 2. The van der Waals surface area contributed by atoms with E-state index in [-0.39, 0.29) is 13.0 Å². The van der Waals surface area contributed by atoms with Gasteiger partial charge in [-0.1, -0.05) is 12.2 Å². The van der Waals surface area contributed by atoms with Crippen LogP contribution in [0.2, 0.25) is 0 Å². The molecule has 1 aliphatic carbocycles. The number of allylic oxidation sites excluding steroid dienone is 3. The summed E-state index contributed by atoms with van der Waals surface area (Å²) in [6.45, 7) is 2.81. The lowest BCUT2D eigenvalue weighted by molar-refractivity contribution is 0.0115. The van der Waals surface area contributed by atoms with Crippen molar-refractivity contribution in [2.75, 3.05) is 26.2 Å². The number of aromatic nitrogens is 5. The van der Waals surface area contributed by atoms with Crippen LogP contribution in [-0.2, 0) is 13.0 Å². The lowest BCUT2D eigenvalue weighted by atomic mass is 10.1. The molecule has 0 amide bonds. The van der Waals surface area contributed by atoms with Crippen molar-refractivity contribution < 1.29 is 8.78 Å². The maximum Gasteiger partial charge on any atom is 0.261 e. The summed E-state index contributed by atoms with van der Waals surface area (Å²) in [4.78, 5) is 17.3. The van der Waals surface area contributed by atoms with Crippen LogP contribution in [0.5, 0.6) is 0 Å². The summed E-state index contributed by atoms with van der Waals surface area (Å²) in [6.07, 6.45) is 14.6. The zero-order valence-corrected chi connectivity index (χ0v) is 21.8. The predicted octanol–water partition coefficient (Wildman–Crippen LogP) is 5.80. The highest BCUT2D eigenvalue weighted by Gasteiger charge is 2.38. The van der Waals surface area contributed by atoms with Gasteiger partial charge in [0.2, 0.25) is 0 Å². The molecular formula is C30H31F2N7. The first-order valence-corrected chi connectivity index (χ1v) is 13.8. The van der Waals surface area contributed by atoms with Gasteiger partial charge in [-0.2, -0.15) is 5.10 Å². The molecule has 0 unspecified atom stereocenters. The lowest BCUT2D eigenvalue weighted by Crippen LogP contribution is -2.28. The smallest absolute Gasteiger partial charge is 0.261 e. The third-order valence-electron chi connectivity index (χ3n) is 7.99. The number of rotatable bonds is 5. The number of pyridine rings is 2. The topological polar surface area (TPSA) is 76.7 Å². The van der Waals surface area contributed by atoms with Crippen molar-refractivity contribution in [1.29, 1.82) is 0 Å². The van der Waals surface area contributed by atoms with E-state index in [2.05, 4.69) is 49.4 Å². The fraction of sp³-hybridized carbons (Fsp3) is 0.367. The van der Waals surface area contributed by atoms with Crippen molar-refractivity contribution in [1.82, 2.24) is 34.9 Å². The normalized spacial score (nSPS) is 19.3. The highest BCUT2D eigenvalue weighted by atomic mass is 19.3. The average Bonchev–Trinajstić information content (AvgIpc) is 3.62. The van der Waals surface area contributed by atoms with Crippen molar-refractivity contribution in [3.05, 3.63) is 71.7 Å². The second-order valence-electron chi connectivity index (χ2n) is 10.9. The molecular weight excluding hydrogens is 496 g/mol. The van der Waals surface area contributed by atoms with Crippen molar-refractivity contribution in [3.63, 3.8) is 0 Å². The molecule has 7 nitrogen and oxygen atoms in total. The second-order valence-corrected chi connectivity index (χ2v) is 10.9. The van der Waals surface area contributed by atoms with Crippen LogP contribution in [0.3, 0.4) is 0 Å². The third kappa shape index (κ3) is 4.76. The van der Waals surface area contributed by atoms with E-state index in [1.54, 1.807) is 17.3 Å². The minimum absolute atomic E-state index is 0.0879. The van der Waals surface area contributed by atoms with Gasteiger partial charge in [0.15, 0.2) is 0 Å². The quantitative estimate of drug-likeness (QED) is 0.343. The summed E-state index contributed by atoms with van der Waals surface area (Å²) < 4.78 is 27.3. The van der Waals surface area contributed by atoms with Crippen molar-refractivity contribution in [2.24, 2.45) is 0 Å². The number of hydrogen-bond acceptors (Lipinski definition) is 5. The first kappa shape index (κ1) is 24.2. The van der Waals surface area contributed by atoms with Gasteiger partial charge in [-0.15, -0.1) is 0 Å². The van der Waals surface area contributed by atoms with Gasteiger partial charge in [-0.05, 0) is 55.2 Å². The first-order valence-electron chi connectivity index (χ1n) is 13.8. The van der Waals surface area contributed by atoms with Crippen LogP contribution in [-0.4, -0.2) is 67.1 Å². The molecule has 0 bridgehead atoms.